The fraction of sp³-hybridized carbons (Fsp3) is 0.400. The van der Waals surface area contributed by atoms with Crippen LogP contribution in [0.1, 0.15) is 17.8 Å². The number of carbonyl (C=O) groups excluding carboxylic acids is 2. The molecule has 0 saturated carbocycles. The van der Waals surface area contributed by atoms with E-state index in [2.05, 4.69) is 20.6 Å². The van der Waals surface area contributed by atoms with Crippen molar-refractivity contribution in [2.75, 3.05) is 0 Å². The van der Waals surface area contributed by atoms with Crippen molar-refractivity contribution in [1.29, 1.82) is 0 Å². The second kappa shape index (κ2) is 4.36. The van der Waals surface area contributed by atoms with Crippen molar-refractivity contribution in [2.24, 2.45) is 0 Å². The van der Waals surface area contributed by atoms with E-state index >= 15 is 0 Å². The lowest BCUT2D eigenvalue weighted by Crippen LogP contribution is -2.36. The molecule has 16 heavy (non-hydrogen) atoms. The topological polar surface area (TPSA) is 84.0 Å². The van der Waals surface area contributed by atoms with Crippen molar-refractivity contribution in [1.82, 2.24) is 20.6 Å². The van der Waals surface area contributed by atoms with Crippen molar-refractivity contribution in [3.63, 3.8) is 0 Å². The van der Waals surface area contributed by atoms with Crippen molar-refractivity contribution in [2.45, 2.75) is 25.9 Å². The van der Waals surface area contributed by atoms with Gasteiger partial charge in [-0.15, -0.1) is 0 Å². The third-order valence-electron chi connectivity index (χ3n) is 2.33. The Balaban J connectivity index is 1.90. The van der Waals surface area contributed by atoms with Crippen LogP contribution in [0.15, 0.2) is 12.4 Å². The minimum atomic E-state index is -0.449. The molecule has 2 N–H and O–H groups in total. The highest BCUT2D eigenvalue weighted by molar-refractivity contribution is 6.05. The minimum Gasteiger partial charge on any atom is -0.300 e. The Morgan fingerprint density at radius 1 is 1.44 bits per heavy atom. The van der Waals surface area contributed by atoms with Gasteiger partial charge >= 0.3 is 0 Å². The third-order valence-corrected chi connectivity index (χ3v) is 2.33. The van der Waals surface area contributed by atoms with Gasteiger partial charge in [0, 0.05) is 18.9 Å². The molecule has 1 aromatic heterocycles. The first-order chi connectivity index (χ1) is 7.65. The zero-order valence-corrected chi connectivity index (χ0v) is 8.86. The summed E-state index contributed by atoms with van der Waals surface area (Å²) in [6.07, 6.45) is 3.51. The number of rotatable bonds is 3. The van der Waals surface area contributed by atoms with Gasteiger partial charge in [0.25, 0.3) is 0 Å². The van der Waals surface area contributed by atoms with Crippen LogP contribution in [0.3, 0.4) is 0 Å². The molecule has 2 heterocycles. The van der Waals surface area contributed by atoms with E-state index in [-0.39, 0.29) is 18.2 Å². The maximum atomic E-state index is 11.2. The van der Waals surface area contributed by atoms with Crippen LogP contribution < -0.4 is 10.6 Å². The highest BCUT2D eigenvalue weighted by Crippen LogP contribution is 2.02. The molecule has 6 heteroatoms. The summed E-state index contributed by atoms with van der Waals surface area (Å²) in [7, 11) is 0. The minimum absolute atomic E-state index is 0.193. The normalized spacial score (nSPS) is 19.9. The predicted octanol–water partition coefficient (Wildman–Crippen LogP) is -0.710. The fourth-order valence-electron chi connectivity index (χ4n) is 1.46. The summed E-state index contributed by atoms with van der Waals surface area (Å²) in [6, 6.07) is -0.449. The highest BCUT2D eigenvalue weighted by Gasteiger charge is 2.29. The van der Waals surface area contributed by atoms with E-state index in [1.165, 1.54) is 0 Å². The van der Waals surface area contributed by atoms with Crippen molar-refractivity contribution in [3.8, 4) is 0 Å². The third kappa shape index (κ3) is 2.40. The Morgan fingerprint density at radius 3 is 2.81 bits per heavy atom. The number of aryl methyl sites for hydroxylation is 1. The smallest absolute Gasteiger partial charge is 0.244 e. The van der Waals surface area contributed by atoms with Gasteiger partial charge in [0.05, 0.1) is 23.9 Å². The van der Waals surface area contributed by atoms with E-state index < -0.39 is 6.04 Å². The van der Waals surface area contributed by atoms with Crippen molar-refractivity contribution in [3.05, 3.63) is 23.8 Å². The van der Waals surface area contributed by atoms with Gasteiger partial charge in [-0.2, -0.15) is 0 Å². The second-order valence-electron chi connectivity index (χ2n) is 3.70. The van der Waals surface area contributed by atoms with Crippen LogP contribution in [0.5, 0.6) is 0 Å². The van der Waals surface area contributed by atoms with Crippen LogP contribution in [0, 0.1) is 6.92 Å². The largest absolute Gasteiger partial charge is 0.300 e. The van der Waals surface area contributed by atoms with Gasteiger partial charge in [0.1, 0.15) is 0 Å². The molecule has 1 aliphatic rings. The van der Waals surface area contributed by atoms with E-state index in [1.54, 1.807) is 12.4 Å². The number of hydrogen-bond donors (Lipinski definition) is 2. The van der Waals surface area contributed by atoms with Crippen molar-refractivity contribution < 1.29 is 9.59 Å². The Morgan fingerprint density at radius 2 is 2.25 bits per heavy atom. The summed E-state index contributed by atoms with van der Waals surface area (Å²) in [5.41, 5.74) is 1.59. The number of hydrogen-bond acceptors (Lipinski definition) is 5. The summed E-state index contributed by atoms with van der Waals surface area (Å²) in [6.45, 7) is 2.28. The molecule has 0 spiro atoms. The molecule has 1 atom stereocenters. The summed E-state index contributed by atoms with van der Waals surface area (Å²) >= 11 is 0. The van der Waals surface area contributed by atoms with E-state index in [9.17, 15) is 9.59 Å². The van der Waals surface area contributed by atoms with Gasteiger partial charge < -0.3 is 0 Å². The Labute approximate surface area is 92.5 Å². The molecule has 1 aromatic rings. The summed E-state index contributed by atoms with van der Waals surface area (Å²) in [5, 5.41) is 5.20. The molecule has 1 unspecified atom stereocenters. The van der Waals surface area contributed by atoms with Gasteiger partial charge in [-0.25, -0.2) is 0 Å². The maximum Gasteiger partial charge on any atom is 0.244 e. The average molecular weight is 220 g/mol. The van der Waals surface area contributed by atoms with Crippen LogP contribution in [0.25, 0.3) is 0 Å². The number of imide groups is 1. The number of aromatic nitrogens is 2. The molecule has 0 aromatic carbocycles. The SMILES string of the molecule is Cc1cnc(CNC2CC(=O)NC2=O)cn1. The molecular formula is C10H12N4O2. The van der Waals surface area contributed by atoms with Crippen LogP contribution in [0.2, 0.25) is 0 Å². The number of amides is 2. The second-order valence-corrected chi connectivity index (χ2v) is 3.70. The van der Waals surface area contributed by atoms with E-state index in [1.807, 2.05) is 6.92 Å². The summed E-state index contributed by atoms with van der Waals surface area (Å²) in [4.78, 5) is 30.4. The molecule has 2 amide bonds. The lowest BCUT2D eigenvalue weighted by molar-refractivity contribution is -0.125. The number of nitrogens with one attached hydrogen (secondary N) is 2. The van der Waals surface area contributed by atoms with Gasteiger partial charge in [-0.1, -0.05) is 0 Å². The molecule has 1 aliphatic heterocycles. The number of carbonyl (C=O) groups is 2. The molecule has 0 radical (unpaired) electrons. The Hall–Kier alpha value is -1.82. The van der Waals surface area contributed by atoms with E-state index in [4.69, 9.17) is 0 Å². The molecule has 6 nitrogen and oxygen atoms in total. The predicted molar refractivity (Wildman–Crippen MR) is 55.2 cm³/mol. The fourth-order valence-corrected chi connectivity index (χ4v) is 1.46. The maximum absolute atomic E-state index is 11.2. The lowest BCUT2D eigenvalue weighted by atomic mass is 10.2. The van der Waals surface area contributed by atoms with E-state index in [0.29, 0.717) is 6.54 Å². The van der Waals surface area contributed by atoms with Gasteiger partial charge in [0.15, 0.2) is 0 Å². The van der Waals surface area contributed by atoms with Crippen LogP contribution in [0.4, 0.5) is 0 Å². The van der Waals surface area contributed by atoms with Crippen molar-refractivity contribution >= 4 is 11.8 Å². The quantitative estimate of drug-likeness (QED) is 0.657. The highest BCUT2D eigenvalue weighted by atomic mass is 16.2. The van der Waals surface area contributed by atoms with Crippen LogP contribution in [-0.4, -0.2) is 27.8 Å². The van der Waals surface area contributed by atoms with Gasteiger partial charge in [-0.3, -0.25) is 30.2 Å². The number of nitrogens with zero attached hydrogens (tertiary/aromatic N) is 2. The Bertz CT molecular complexity index is 415. The van der Waals surface area contributed by atoms with Gasteiger partial charge in [-0.05, 0) is 6.92 Å². The Kier molecular flexibility index (Phi) is 2.91. The summed E-state index contributed by atoms with van der Waals surface area (Å²) < 4.78 is 0. The first-order valence-electron chi connectivity index (χ1n) is 5.00. The molecule has 1 saturated heterocycles. The average Bonchev–Trinajstić information content (AvgIpc) is 2.57. The molecular weight excluding hydrogens is 208 g/mol. The van der Waals surface area contributed by atoms with Crippen LogP contribution >= 0.6 is 0 Å². The first kappa shape index (κ1) is 10.7. The van der Waals surface area contributed by atoms with E-state index in [0.717, 1.165) is 11.4 Å². The zero-order chi connectivity index (χ0) is 11.5. The first-order valence-corrected chi connectivity index (χ1v) is 5.00. The molecule has 0 aliphatic carbocycles. The molecule has 84 valence electrons. The molecule has 1 fully saturated rings. The zero-order valence-electron chi connectivity index (χ0n) is 8.86. The van der Waals surface area contributed by atoms with Crippen LogP contribution in [-0.2, 0) is 16.1 Å². The standard InChI is InChI=1S/C10H12N4O2/c1-6-3-12-7(4-11-6)5-13-8-2-9(15)14-10(8)16/h3-4,8,13H,2,5H2,1H3,(H,14,15,16). The van der Waals surface area contributed by atoms with Gasteiger partial charge in [0.2, 0.25) is 11.8 Å². The summed E-state index contributed by atoms with van der Waals surface area (Å²) in [5.74, 6) is -0.512. The molecule has 2 rings (SSSR count). The lowest BCUT2D eigenvalue weighted by Gasteiger charge is -2.07. The molecule has 0 bridgehead atoms. The monoisotopic (exact) mass is 220 g/mol.